The quantitative estimate of drug-likeness (QED) is 0.579. The fourth-order valence-electron chi connectivity index (χ4n) is 2.16. The average Bonchev–Trinajstić information content (AvgIpc) is 2.61. The topological polar surface area (TPSA) is 59.9 Å². The minimum absolute atomic E-state index is 0.145. The Balaban J connectivity index is 1.75. The van der Waals surface area contributed by atoms with Crippen LogP contribution >= 0.6 is 0 Å². The molecule has 1 N–H and O–H groups in total. The molecule has 1 amide bonds. The van der Waals surface area contributed by atoms with Crippen molar-refractivity contribution in [1.29, 1.82) is 0 Å². The summed E-state index contributed by atoms with van der Waals surface area (Å²) in [6.07, 6.45) is 1.59. The molecule has 0 bridgehead atoms. The number of rotatable bonds is 8. The zero-order valence-corrected chi connectivity index (χ0v) is 14.9. The van der Waals surface area contributed by atoms with Crippen LogP contribution in [0.25, 0.3) is 0 Å². The Morgan fingerprint density at radius 2 is 1.80 bits per heavy atom. The van der Waals surface area contributed by atoms with Crippen LogP contribution in [-0.2, 0) is 9.63 Å². The van der Waals surface area contributed by atoms with Crippen molar-refractivity contribution in [1.82, 2.24) is 0 Å². The Hall–Kier alpha value is -2.82. The van der Waals surface area contributed by atoms with Gasteiger partial charge in [-0.15, -0.1) is 0 Å². The van der Waals surface area contributed by atoms with Gasteiger partial charge in [-0.25, -0.2) is 0 Å². The van der Waals surface area contributed by atoms with Crippen LogP contribution in [0, 0.1) is 0 Å². The van der Waals surface area contributed by atoms with Crippen molar-refractivity contribution in [2.75, 3.05) is 18.5 Å². The van der Waals surface area contributed by atoms with Crippen molar-refractivity contribution < 1.29 is 14.4 Å². The van der Waals surface area contributed by atoms with E-state index in [2.05, 4.69) is 36.5 Å². The van der Waals surface area contributed by atoms with E-state index in [4.69, 9.17) is 9.57 Å². The lowest BCUT2D eigenvalue weighted by molar-refractivity contribution is -0.120. The van der Waals surface area contributed by atoms with E-state index in [0.29, 0.717) is 18.2 Å². The van der Waals surface area contributed by atoms with E-state index in [9.17, 15) is 4.79 Å². The van der Waals surface area contributed by atoms with Gasteiger partial charge in [0.1, 0.15) is 5.75 Å². The van der Waals surface area contributed by atoms with Gasteiger partial charge in [-0.1, -0.05) is 43.3 Å². The Kier molecular flexibility index (Phi) is 7.01. The zero-order valence-electron chi connectivity index (χ0n) is 14.9. The summed E-state index contributed by atoms with van der Waals surface area (Å²) in [6, 6.07) is 15.2. The van der Waals surface area contributed by atoms with Crippen molar-refractivity contribution in [3.05, 3.63) is 59.7 Å². The molecule has 0 spiro atoms. The van der Waals surface area contributed by atoms with E-state index in [-0.39, 0.29) is 12.5 Å². The number of hydrogen-bond donors (Lipinski definition) is 1. The third-order valence-electron chi connectivity index (χ3n) is 3.52. The van der Waals surface area contributed by atoms with Crippen LogP contribution in [0.3, 0.4) is 0 Å². The summed E-state index contributed by atoms with van der Waals surface area (Å²) in [6.45, 7) is 6.68. The van der Waals surface area contributed by atoms with Crippen molar-refractivity contribution in [2.24, 2.45) is 5.16 Å². The molecule has 0 aliphatic carbocycles. The molecule has 132 valence electrons. The summed E-state index contributed by atoms with van der Waals surface area (Å²) < 4.78 is 5.35. The monoisotopic (exact) mass is 340 g/mol. The summed E-state index contributed by atoms with van der Waals surface area (Å²) >= 11 is 0. The molecule has 25 heavy (non-hydrogen) atoms. The number of oxime groups is 1. The predicted octanol–water partition coefficient (Wildman–Crippen LogP) is 4.20. The Morgan fingerprint density at radius 1 is 1.12 bits per heavy atom. The van der Waals surface area contributed by atoms with Crippen LogP contribution in [0.15, 0.2) is 53.7 Å². The molecular formula is C20H24N2O3. The maximum Gasteiger partial charge on any atom is 0.265 e. The minimum atomic E-state index is -0.267. The van der Waals surface area contributed by atoms with E-state index >= 15 is 0 Å². The molecule has 0 atom stereocenters. The van der Waals surface area contributed by atoms with E-state index < -0.39 is 0 Å². The molecule has 0 radical (unpaired) electrons. The van der Waals surface area contributed by atoms with Crippen LogP contribution in [0.2, 0.25) is 0 Å². The minimum Gasteiger partial charge on any atom is -0.494 e. The molecule has 0 aliphatic rings. The highest BCUT2D eigenvalue weighted by Gasteiger charge is 2.03. The number of hydrogen-bond acceptors (Lipinski definition) is 4. The summed E-state index contributed by atoms with van der Waals surface area (Å²) in [5.41, 5.74) is 2.88. The van der Waals surface area contributed by atoms with Gasteiger partial charge in [-0.3, -0.25) is 4.79 Å². The second-order valence-corrected chi connectivity index (χ2v) is 5.83. The van der Waals surface area contributed by atoms with Crippen molar-refractivity contribution >= 4 is 17.8 Å². The van der Waals surface area contributed by atoms with Gasteiger partial charge in [0, 0.05) is 5.69 Å². The molecule has 0 aliphatic heterocycles. The van der Waals surface area contributed by atoms with Crippen LogP contribution in [0.5, 0.6) is 5.75 Å². The average molecular weight is 340 g/mol. The van der Waals surface area contributed by atoms with Gasteiger partial charge >= 0.3 is 0 Å². The van der Waals surface area contributed by atoms with Crippen LogP contribution < -0.4 is 10.1 Å². The van der Waals surface area contributed by atoms with E-state index in [0.717, 1.165) is 11.3 Å². The SMILES string of the molecule is CCOc1ccc(NC(=O)CO/N=C\c2ccc(C(C)C)cc2)cc1. The Labute approximate surface area is 148 Å². The lowest BCUT2D eigenvalue weighted by atomic mass is 10.0. The van der Waals surface area contributed by atoms with Crippen LogP contribution in [0.4, 0.5) is 5.69 Å². The normalized spacial score (nSPS) is 10.9. The fraction of sp³-hybridized carbons (Fsp3) is 0.300. The van der Waals surface area contributed by atoms with Gasteiger partial charge in [-0.2, -0.15) is 0 Å². The smallest absolute Gasteiger partial charge is 0.265 e. The van der Waals surface area contributed by atoms with Crippen molar-refractivity contribution in [3.63, 3.8) is 0 Å². The second-order valence-electron chi connectivity index (χ2n) is 5.83. The number of nitrogens with one attached hydrogen (secondary N) is 1. The first-order chi connectivity index (χ1) is 12.1. The molecule has 0 unspecified atom stereocenters. The van der Waals surface area contributed by atoms with Gasteiger partial charge in [-0.05, 0) is 48.2 Å². The number of carbonyl (C=O) groups is 1. The molecular weight excluding hydrogens is 316 g/mol. The summed E-state index contributed by atoms with van der Waals surface area (Å²) in [5, 5.41) is 6.57. The van der Waals surface area contributed by atoms with E-state index in [1.54, 1.807) is 30.5 Å². The standard InChI is InChI=1S/C20H24N2O3/c1-4-24-19-11-9-18(10-12-19)22-20(23)14-25-21-13-16-5-7-17(8-6-16)15(2)3/h5-13,15H,4,14H2,1-3H3,(H,22,23)/b21-13-. The van der Waals surface area contributed by atoms with Gasteiger partial charge < -0.3 is 14.9 Å². The first kappa shape index (κ1) is 18.5. The predicted molar refractivity (Wildman–Crippen MR) is 100 cm³/mol. The maximum absolute atomic E-state index is 11.8. The number of ether oxygens (including phenoxy) is 1. The molecule has 2 aromatic carbocycles. The lowest BCUT2D eigenvalue weighted by Crippen LogP contribution is -2.16. The van der Waals surface area contributed by atoms with Gasteiger partial charge in [0.2, 0.25) is 0 Å². The zero-order chi connectivity index (χ0) is 18.1. The molecule has 5 nitrogen and oxygen atoms in total. The Bertz CT molecular complexity index is 692. The number of benzene rings is 2. The lowest BCUT2D eigenvalue weighted by Gasteiger charge is -2.06. The fourth-order valence-corrected chi connectivity index (χ4v) is 2.16. The van der Waals surface area contributed by atoms with Crippen LogP contribution in [-0.4, -0.2) is 25.3 Å². The maximum atomic E-state index is 11.8. The molecule has 0 heterocycles. The molecule has 5 heteroatoms. The molecule has 0 saturated heterocycles. The van der Waals surface area contributed by atoms with Crippen molar-refractivity contribution in [3.8, 4) is 5.75 Å². The highest BCUT2D eigenvalue weighted by atomic mass is 16.6. The third-order valence-corrected chi connectivity index (χ3v) is 3.52. The number of anilines is 1. The third kappa shape index (κ3) is 6.30. The highest BCUT2D eigenvalue weighted by molar-refractivity contribution is 5.91. The molecule has 0 saturated carbocycles. The van der Waals surface area contributed by atoms with Crippen molar-refractivity contribution in [2.45, 2.75) is 26.7 Å². The van der Waals surface area contributed by atoms with Crippen LogP contribution in [0.1, 0.15) is 37.8 Å². The molecule has 0 aromatic heterocycles. The van der Waals surface area contributed by atoms with E-state index in [1.807, 2.05) is 19.1 Å². The first-order valence-corrected chi connectivity index (χ1v) is 8.36. The molecule has 0 fully saturated rings. The first-order valence-electron chi connectivity index (χ1n) is 8.36. The van der Waals surface area contributed by atoms with Gasteiger partial charge in [0.25, 0.3) is 5.91 Å². The summed E-state index contributed by atoms with van der Waals surface area (Å²) in [5.74, 6) is 0.995. The van der Waals surface area contributed by atoms with E-state index in [1.165, 1.54) is 5.56 Å². The van der Waals surface area contributed by atoms with Gasteiger partial charge in [0.05, 0.1) is 12.8 Å². The number of nitrogens with zero attached hydrogens (tertiary/aromatic N) is 1. The number of carbonyl (C=O) groups excluding carboxylic acids is 1. The number of amides is 1. The Morgan fingerprint density at radius 3 is 2.40 bits per heavy atom. The second kappa shape index (κ2) is 9.47. The summed E-state index contributed by atoms with van der Waals surface area (Å²) in [7, 11) is 0. The summed E-state index contributed by atoms with van der Waals surface area (Å²) in [4.78, 5) is 16.9. The largest absolute Gasteiger partial charge is 0.494 e. The molecule has 2 aromatic rings. The highest BCUT2D eigenvalue weighted by Crippen LogP contribution is 2.15. The molecule has 2 rings (SSSR count). The van der Waals surface area contributed by atoms with Gasteiger partial charge in [0.15, 0.2) is 6.61 Å².